The van der Waals surface area contributed by atoms with Gasteiger partial charge in [-0.3, -0.25) is 9.69 Å². The summed E-state index contributed by atoms with van der Waals surface area (Å²) in [5, 5.41) is 3.16. The highest BCUT2D eigenvalue weighted by Gasteiger charge is 2.34. The molecule has 2 aliphatic heterocycles. The van der Waals surface area contributed by atoms with Gasteiger partial charge in [-0.2, -0.15) is 0 Å². The lowest BCUT2D eigenvalue weighted by Crippen LogP contribution is -2.51. The molecule has 3 heterocycles. The van der Waals surface area contributed by atoms with Crippen molar-refractivity contribution in [3.8, 4) is 0 Å². The van der Waals surface area contributed by atoms with Crippen LogP contribution >= 0.6 is 0 Å². The van der Waals surface area contributed by atoms with Crippen molar-refractivity contribution in [3.05, 3.63) is 18.2 Å². The van der Waals surface area contributed by atoms with E-state index in [1.54, 1.807) is 0 Å². The zero-order chi connectivity index (χ0) is 17.2. The van der Waals surface area contributed by atoms with Crippen molar-refractivity contribution in [2.75, 3.05) is 31.1 Å². The van der Waals surface area contributed by atoms with E-state index >= 15 is 0 Å². The molecule has 3 fully saturated rings. The number of halogens is 1. The number of nitrogens with zero attached hydrogens (tertiary/aromatic N) is 4. The number of likely N-dealkylation sites (tertiary alicyclic amines) is 1. The first kappa shape index (κ1) is 16.7. The van der Waals surface area contributed by atoms with E-state index in [0.717, 1.165) is 64.7 Å². The second-order valence-corrected chi connectivity index (χ2v) is 7.54. The van der Waals surface area contributed by atoms with Crippen LogP contribution in [0.15, 0.2) is 12.4 Å². The van der Waals surface area contributed by atoms with Gasteiger partial charge in [0, 0.05) is 31.7 Å². The number of hydrogen-bond donors (Lipinski definition) is 1. The molecule has 0 spiro atoms. The molecule has 1 atom stereocenters. The third-order valence-electron chi connectivity index (χ3n) is 5.62. The van der Waals surface area contributed by atoms with E-state index in [0.29, 0.717) is 18.0 Å². The van der Waals surface area contributed by atoms with Gasteiger partial charge in [0.2, 0.25) is 11.9 Å². The molecule has 1 aromatic rings. The summed E-state index contributed by atoms with van der Waals surface area (Å²) in [4.78, 5) is 25.1. The molecule has 1 aliphatic carbocycles. The Balaban J connectivity index is 1.29. The molecule has 1 aromatic heterocycles. The van der Waals surface area contributed by atoms with Gasteiger partial charge in [-0.15, -0.1) is 0 Å². The van der Waals surface area contributed by atoms with Crippen LogP contribution in [-0.4, -0.2) is 59.0 Å². The molecule has 6 nitrogen and oxygen atoms in total. The first-order valence-corrected chi connectivity index (χ1v) is 9.46. The van der Waals surface area contributed by atoms with E-state index in [1.807, 2.05) is 0 Å². The SMILES string of the molecule is O=C(NC1CC1)[C@H]1CCCN(C2CCN(c3ncc(F)cn3)CC2)C1. The molecule has 0 aromatic carbocycles. The highest BCUT2D eigenvalue weighted by Crippen LogP contribution is 2.26. The molecule has 1 N–H and O–H groups in total. The number of amides is 1. The highest BCUT2D eigenvalue weighted by atomic mass is 19.1. The van der Waals surface area contributed by atoms with Crippen LogP contribution in [0.1, 0.15) is 38.5 Å². The molecule has 0 unspecified atom stereocenters. The average molecular weight is 347 g/mol. The van der Waals surface area contributed by atoms with Crippen molar-refractivity contribution < 1.29 is 9.18 Å². The second-order valence-electron chi connectivity index (χ2n) is 7.54. The minimum Gasteiger partial charge on any atom is -0.353 e. The summed E-state index contributed by atoms with van der Waals surface area (Å²) in [6.45, 7) is 3.73. The Morgan fingerprint density at radius 3 is 2.48 bits per heavy atom. The number of aromatic nitrogens is 2. The van der Waals surface area contributed by atoms with E-state index in [1.165, 1.54) is 12.4 Å². The molecule has 0 bridgehead atoms. The van der Waals surface area contributed by atoms with Gasteiger partial charge in [0.25, 0.3) is 0 Å². The monoisotopic (exact) mass is 347 g/mol. The molecule has 7 heteroatoms. The summed E-state index contributed by atoms with van der Waals surface area (Å²) < 4.78 is 13.0. The molecule has 3 aliphatic rings. The zero-order valence-corrected chi connectivity index (χ0v) is 14.5. The summed E-state index contributed by atoms with van der Waals surface area (Å²) in [5.41, 5.74) is 0. The molecule has 136 valence electrons. The van der Waals surface area contributed by atoms with Gasteiger partial charge in [0.15, 0.2) is 5.82 Å². The van der Waals surface area contributed by atoms with Crippen molar-refractivity contribution in [2.45, 2.75) is 50.6 Å². The number of piperidine rings is 2. The molecule has 1 amide bonds. The molecule has 0 radical (unpaired) electrons. The smallest absolute Gasteiger partial charge is 0.225 e. The topological polar surface area (TPSA) is 61.4 Å². The van der Waals surface area contributed by atoms with E-state index < -0.39 is 5.82 Å². The largest absolute Gasteiger partial charge is 0.353 e. The number of rotatable bonds is 4. The Bertz CT molecular complexity index is 598. The Morgan fingerprint density at radius 1 is 1.08 bits per heavy atom. The van der Waals surface area contributed by atoms with Crippen molar-refractivity contribution in [1.82, 2.24) is 20.2 Å². The predicted octanol–water partition coefficient (Wildman–Crippen LogP) is 1.58. The lowest BCUT2D eigenvalue weighted by atomic mass is 9.93. The normalized spacial score (nSPS) is 25.8. The Labute approximate surface area is 147 Å². The Kier molecular flexibility index (Phi) is 4.83. The molecule has 2 saturated heterocycles. The molecule has 4 rings (SSSR count). The van der Waals surface area contributed by atoms with Crippen LogP contribution in [-0.2, 0) is 4.79 Å². The average Bonchev–Trinajstić information content (AvgIpc) is 3.47. The molecular weight excluding hydrogens is 321 g/mol. The molecule has 1 saturated carbocycles. The van der Waals surface area contributed by atoms with Crippen LogP contribution < -0.4 is 10.2 Å². The summed E-state index contributed by atoms with van der Waals surface area (Å²) in [6.07, 6.45) is 8.93. The summed E-state index contributed by atoms with van der Waals surface area (Å²) >= 11 is 0. The number of nitrogens with one attached hydrogen (secondary N) is 1. The summed E-state index contributed by atoms with van der Waals surface area (Å²) in [5.74, 6) is 0.611. The fourth-order valence-corrected chi connectivity index (χ4v) is 4.00. The maximum Gasteiger partial charge on any atom is 0.225 e. The lowest BCUT2D eigenvalue weighted by Gasteiger charge is -2.42. The number of anilines is 1. The Morgan fingerprint density at radius 2 is 1.80 bits per heavy atom. The first-order chi connectivity index (χ1) is 12.2. The van der Waals surface area contributed by atoms with Crippen LogP contribution in [0, 0.1) is 11.7 Å². The third-order valence-corrected chi connectivity index (χ3v) is 5.62. The van der Waals surface area contributed by atoms with Crippen LogP contribution in [0.3, 0.4) is 0 Å². The van der Waals surface area contributed by atoms with E-state index in [9.17, 15) is 9.18 Å². The van der Waals surface area contributed by atoms with E-state index in [-0.39, 0.29) is 11.8 Å². The minimum atomic E-state index is -0.400. The zero-order valence-electron chi connectivity index (χ0n) is 14.5. The van der Waals surface area contributed by atoms with Gasteiger partial charge in [-0.25, -0.2) is 14.4 Å². The molecular formula is C18H26FN5O. The minimum absolute atomic E-state index is 0.146. The van der Waals surface area contributed by atoms with Gasteiger partial charge in [-0.1, -0.05) is 0 Å². The predicted molar refractivity (Wildman–Crippen MR) is 92.7 cm³/mol. The number of carbonyl (C=O) groups is 1. The van der Waals surface area contributed by atoms with Crippen molar-refractivity contribution >= 4 is 11.9 Å². The Hall–Kier alpha value is -1.76. The second kappa shape index (κ2) is 7.23. The third kappa shape index (κ3) is 4.08. The maximum absolute atomic E-state index is 13.0. The van der Waals surface area contributed by atoms with Gasteiger partial charge in [0.05, 0.1) is 18.3 Å². The van der Waals surface area contributed by atoms with E-state index in [2.05, 4.69) is 25.1 Å². The number of carbonyl (C=O) groups excluding carboxylic acids is 1. The first-order valence-electron chi connectivity index (χ1n) is 9.46. The van der Waals surface area contributed by atoms with Crippen LogP contribution in [0.25, 0.3) is 0 Å². The van der Waals surface area contributed by atoms with Gasteiger partial charge in [0.1, 0.15) is 0 Å². The summed E-state index contributed by atoms with van der Waals surface area (Å²) in [7, 11) is 0. The van der Waals surface area contributed by atoms with Gasteiger partial charge < -0.3 is 10.2 Å². The number of hydrogen-bond acceptors (Lipinski definition) is 5. The van der Waals surface area contributed by atoms with Crippen LogP contribution in [0.2, 0.25) is 0 Å². The van der Waals surface area contributed by atoms with Crippen LogP contribution in [0.4, 0.5) is 10.3 Å². The molecule has 25 heavy (non-hydrogen) atoms. The van der Waals surface area contributed by atoms with Crippen molar-refractivity contribution in [2.24, 2.45) is 5.92 Å². The van der Waals surface area contributed by atoms with Crippen molar-refractivity contribution in [3.63, 3.8) is 0 Å². The highest BCUT2D eigenvalue weighted by molar-refractivity contribution is 5.79. The fourth-order valence-electron chi connectivity index (χ4n) is 4.00. The fraction of sp³-hybridized carbons (Fsp3) is 0.722. The van der Waals surface area contributed by atoms with E-state index in [4.69, 9.17) is 0 Å². The van der Waals surface area contributed by atoms with Crippen LogP contribution in [0.5, 0.6) is 0 Å². The van der Waals surface area contributed by atoms with Crippen molar-refractivity contribution in [1.29, 1.82) is 0 Å². The quantitative estimate of drug-likeness (QED) is 0.896. The van der Waals surface area contributed by atoms with Gasteiger partial charge >= 0.3 is 0 Å². The maximum atomic E-state index is 13.0. The summed E-state index contributed by atoms with van der Waals surface area (Å²) in [6, 6.07) is 0.968. The van der Waals surface area contributed by atoms with Gasteiger partial charge in [-0.05, 0) is 45.1 Å². The standard InChI is InChI=1S/C18H26FN5O/c19-14-10-20-18(21-11-14)23-8-5-16(6-9-23)24-7-1-2-13(12-24)17(25)22-15-3-4-15/h10-11,13,15-16H,1-9,12H2,(H,22,25)/t13-/m0/s1. The lowest BCUT2D eigenvalue weighted by molar-refractivity contribution is -0.127.